The number of primary amides is 1. The molecular formula is C12H18N4O3. The monoisotopic (exact) mass is 266 g/mol. The van der Waals surface area contributed by atoms with Crippen LogP contribution in [-0.4, -0.2) is 42.9 Å². The quantitative estimate of drug-likeness (QED) is 0.547. The summed E-state index contributed by atoms with van der Waals surface area (Å²) >= 11 is 0. The van der Waals surface area contributed by atoms with Crippen molar-refractivity contribution in [3.63, 3.8) is 0 Å². The number of nitro benzene ring substituents is 1. The molecule has 0 atom stereocenters. The van der Waals surface area contributed by atoms with Crippen LogP contribution in [0.3, 0.4) is 0 Å². The molecule has 0 saturated carbocycles. The van der Waals surface area contributed by atoms with Crippen LogP contribution in [0.1, 0.15) is 15.9 Å². The number of amides is 1. The minimum absolute atomic E-state index is 0.0763. The van der Waals surface area contributed by atoms with Gasteiger partial charge in [-0.15, -0.1) is 0 Å². The van der Waals surface area contributed by atoms with E-state index in [0.29, 0.717) is 12.1 Å². The van der Waals surface area contributed by atoms with E-state index in [1.165, 1.54) is 12.1 Å². The first kappa shape index (κ1) is 15.1. The highest BCUT2D eigenvalue weighted by Gasteiger charge is 2.17. The molecule has 0 saturated heterocycles. The van der Waals surface area contributed by atoms with Crippen LogP contribution in [0, 0.1) is 10.1 Å². The fourth-order valence-electron chi connectivity index (χ4n) is 1.69. The molecule has 7 heteroatoms. The summed E-state index contributed by atoms with van der Waals surface area (Å²) in [5, 5.41) is 14.0. The molecule has 0 aliphatic rings. The van der Waals surface area contributed by atoms with Gasteiger partial charge < -0.3 is 16.0 Å². The van der Waals surface area contributed by atoms with Crippen LogP contribution in [0.5, 0.6) is 0 Å². The first-order chi connectivity index (χ1) is 8.95. The van der Waals surface area contributed by atoms with Crippen LogP contribution in [0.4, 0.5) is 5.69 Å². The fraction of sp³-hybridized carbons (Fsp3) is 0.417. The minimum atomic E-state index is -0.668. The van der Waals surface area contributed by atoms with Crippen molar-refractivity contribution < 1.29 is 9.72 Å². The normalized spacial score (nSPS) is 10.7. The van der Waals surface area contributed by atoms with Crippen molar-refractivity contribution in [2.24, 2.45) is 5.73 Å². The molecule has 0 aromatic heterocycles. The SMILES string of the molecule is CNCCN(C)Cc1ccc(C(N)=O)cc1[N+](=O)[O-]. The van der Waals surface area contributed by atoms with E-state index < -0.39 is 10.8 Å². The van der Waals surface area contributed by atoms with Gasteiger partial charge in [-0.25, -0.2) is 0 Å². The molecule has 0 bridgehead atoms. The number of likely N-dealkylation sites (N-methyl/N-ethyl adjacent to an activating group) is 2. The number of hydrogen-bond acceptors (Lipinski definition) is 5. The van der Waals surface area contributed by atoms with E-state index in [1.54, 1.807) is 6.07 Å². The van der Waals surface area contributed by atoms with Crippen molar-refractivity contribution in [1.82, 2.24) is 10.2 Å². The Bertz CT molecular complexity index is 476. The smallest absolute Gasteiger partial charge is 0.274 e. The molecule has 1 aromatic rings. The maximum absolute atomic E-state index is 11.0. The molecule has 1 rings (SSSR count). The van der Waals surface area contributed by atoms with Crippen molar-refractivity contribution in [3.8, 4) is 0 Å². The number of nitro groups is 1. The Labute approximate surface area is 111 Å². The number of carbonyl (C=O) groups excluding carboxylic acids is 1. The molecule has 7 nitrogen and oxygen atoms in total. The van der Waals surface area contributed by atoms with Gasteiger partial charge in [0.15, 0.2) is 0 Å². The van der Waals surface area contributed by atoms with Gasteiger partial charge in [-0.1, -0.05) is 6.07 Å². The average Bonchev–Trinajstić information content (AvgIpc) is 2.36. The maximum atomic E-state index is 11.0. The molecule has 0 aliphatic heterocycles. The van der Waals surface area contributed by atoms with E-state index in [0.717, 1.165) is 13.1 Å². The van der Waals surface area contributed by atoms with Crippen molar-refractivity contribution in [2.75, 3.05) is 27.2 Å². The highest BCUT2D eigenvalue weighted by Crippen LogP contribution is 2.21. The molecule has 1 aromatic carbocycles. The van der Waals surface area contributed by atoms with Crippen molar-refractivity contribution in [2.45, 2.75) is 6.54 Å². The molecule has 0 radical (unpaired) electrons. The third-order valence-electron chi connectivity index (χ3n) is 2.75. The van der Waals surface area contributed by atoms with Gasteiger partial charge in [0.1, 0.15) is 0 Å². The summed E-state index contributed by atoms with van der Waals surface area (Å²) in [6.45, 7) is 2.01. The second kappa shape index (κ2) is 6.81. The lowest BCUT2D eigenvalue weighted by atomic mass is 10.1. The Morgan fingerprint density at radius 3 is 2.74 bits per heavy atom. The first-order valence-corrected chi connectivity index (χ1v) is 5.86. The number of hydrogen-bond donors (Lipinski definition) is 2. The van der Waals surface area contributed by atoms with Crippen molar-refractivity contribution >= 4 is 11.6 Å². The molecule has 0 unspecified atom stereocenters. The summed E-state index contributed by atoms with van der Waals surface area (Å²) in [6.07, 6.45) is 0. The number of nitrogens with one attached hydrogen (secondary N) is 1. The highest BCUT2D eigenvalue weighted by molar-refractivity contribution is 5.93. The molecule has 1 amide bonds. The number of nitrogens with two attached hydrogens (primary N) is 1. The van der Waals surface area contributed by atoms with Crippen LogP contribution >= 0.6 is 0 Å². The van der Waals surface area contributed by atoms with E-state index in [4.69, 9.17) is 5.73 Å². The van der Waals surface area contributed by atoms with Crippen molar-refractivity contribution in [3.05, 3.63) is 39.4 Å². The number of benzene rings is 1. The molecule has 0 aliphatic carbocycles. The van der Waals surface area contributed by atoms with Crippen molar-refractivity contribution in [1.29, 1.82) is 0 Å². The second-order valence-corrected chi connectivity index (χ2v) is 4.31. The lowest BCUT2D eigenvalue weighted by molar-refractivity contribution is -0.385. The summed E-state index contributed by atoms with van der Waals surface area (Å²) in [5.41, 5.74) is 5.75. The van der Waals surface area contributed by atoms with Gasteiger partial charge in [-0.3, -0.25) is 14.9 Å². The van der Waals surface area contributed by atoms with Crippen LogP contribution in [0.15, 0.2) is 18.2 Å². The number of rotatable bonds is 7. The standard InChI is InChI=1S/C12H18N4O3/c1-14-5-6-15(2)8-10-4-3-9(12(13)17)7-11(10)16(18)19/h3-4,7,14H,5-6,8H2,1-2H3,(H2,13,17). The third kappa shape index (κ3) is 4.31. The largest absolute Gasteiger partial charge is 0.366 e. The van der Waals surface area contributed by atoms with E-state index in [2.05, 4.69) is 5.32 Å². The predicted octanol–water partition coefficient (Wildman–Crippen LogP) is 0.345. The minimum Gasteiger partial charge on any atom is -0.366 e. The predicted molar refractivity (Wildman–Crippen MR) is 71.9 cm³/mol. The number of carbonyl (C=O) groups is 1. The summed E-state index contributed by atoms with van der Waals surface area (Å²) in [5.74, 6) is -0.668. The Balaban J connectivity index is 2.94. The van der Waals surface area contributed by atoms with E-state index in [1.807, 2.05) is 19.0 Å². The number of nitrogens with zero attached hydrogens (tertiary/aromatic N) is 2. The Morgan fingerprint density at radius 2 is 2.21 bits per heavy atom. The Kier molecular flexibility index (Phi) is 5.40. The van der Waals surface area contributed by atoms with Gasteiger partial charge in [-0.05, 0) is 20.2 Å². The van der Waals surface area contributed by atoms with Crippen LogP contribution < -0.4 is 11.1 Å². The van der Waals surface area contributed by atoms with Gasteiger partial charge in [0.05, 0.1) is 4.92 Å². The lowest BCUT2D eigenvalue weighted by Crippen LogP contribution is -2.27. The average molecular weight is 266 g/mol. The third-order valence-corrected chi connectivity index (χ3v) is 2.75. The molecule has 0 fully saturated rings. The Hall–Kier alpha value is -1.99. The van der Waals surface area contributed by atoms with Gasteiger partial charge in [0.25, 0.3) is 5.69 Å². The van der Waals surface area contributed by atoms with E-state index in [9.17, 15) is 14.9 Å². The summed E-state index contributed by atoms with van der Waals surface area (Å²) < 4.78 is 0. The summed E-state index contributed by atoms with van der Waals surface area (Å²) in [4.78, 5) is 23.5. The Morgan fingerprint density at radius 1 is 1.53 bits per heavy atom. The molecule has 0 spiro atoms. The lowest BCUT2D eigenvalue weighted by Gasteiger charge is -2.16. The summed E-state index contributed by atoms with van der Waals surface area (Å²) in [7, 11) is 3.72. The van der Waals surface area contributed by atoms with Crippen LogP contribution in [-0.2, 0) is 6.54 Å². The fourth-order valence-corrected chi connectivity index (χ4v) is 1.69. The molecule has 3 N–H and O–H groups in total. The highest BCUT2D eigenvalue weighted by atomic mass is 16.6. The van der Waals surface area contributed by atoms with Gasteiger partial charge >= 0.3 is 0 Å². The zero-order valence-electron chi connectivity index (χ0n) is 11.0. The van der Waals surface area contributed by atoms with Crippen LogP contribution in [0.25, 0.3) is 0 Å². The van der Waals surface area contributed by atoms with Gasteiger partial charge in [0.2, 0.25) is 5.91 Å². The maximum Gasteiger partial charge on any atom is 0.274 e. The molecule has 19 heavy (non-hydrogen) atoms. The summed E-state index contributed by atoms with van der Waals surface area (Å²) in [6, 6.07) is 4.31. The molecule has 104 valence electrons. The van der Waals surface area contributed by atoms with Gasteiger partial charge in [0, 0.05) is 36.8 Å². The molecular weight excluding hydrogens is 248 g/mol. The van der Waals surface area contributed by atoms with Crippen LogP contribution in [0.2, 0.25) is 0 Å². The zero-order chi connectivity index (χ0) is 14.4. The van der Waals surface area contributed by atoms with E-state index in [-0.39, 0.29) is 11.3 Å². The zero-order valence-corrected chi connectivity index (χ0v) is 11.0. The van der Waals surface area contributed by atoms with Gasteiger partial charge in [-0.2, -0.15) is 0 Å². The first-order valence-electron chi connectivity index (χ1n) is 5.86. The molecule has 0 heterocycles. The second-order valence-electron chi connectivity index (χ2n) is 4.31. The van der Waals surface area contributed by atoms with E-state index >= 15 is 0 Å². The topological polar surface area (TPSA) is 102 Å².